The molecule has 0 saturated carbocycles. The van der Waals surface area contributed by atoms with Gasteiger partial charge in [0.2, 0.25) is 6.29 Å². The summed E-state index contributed by atoms with van der Waals surface area (Å²) in [7, 11) is 0. The van der Waals surface area contributed by atoms with Gasteiger partial charge in [0.15, 0.2) is 0 Å². The van der Waals surface area contributed by atoms with Crippen LogP contribution in [-0.4, -0.2) is 45.1 Å². The summed E-state index contributed by atoms with van der Waals surface area (Å²) in [6.07, 6.45) is -2.86. The maximum atomic E-state index is 12.7. The second-order valence-corrected chi connectivity index (χ2v) is 8.92. The van der Waals surface area contributed by atoms with Crippen molar-refractivity contribution < 1.29 is 27.9 Å². The summed E-state index contributed by atoms with van der Waals surface area (Å²) in [4.78, 5) is 34.8. The third-order valence-corrected chi connectivity index (χ3v) is 6.33. The van der Waals surface area contributed by atoms with Gasteiger partial charge in [0, 0.05) is 25.2 Å². The predicted octanol–water partition coefficient (Wildman–Crippen LogP) is 5.22. The van der Waals surface area contributed by atoms with Gasteiger partial charge in [0.1, 0.15) is 5.02 Å². The Kier molecular flexibility index (Phi) is 9.73. The SMILES string of the molecule is CC1CCC(C)N1Cc1c(Cl)cc(Cl)c(=O)n1CCc1ccc(C(=O)O)cc1.O=CC(F)(F)F. The number of aromatic carboxylic acids is 1. The van der Waals surface area contributed by atoms with Crippen molar-refractivity contribution in [2.24, 2.45) is 0 Å². The molecule has 1 aliphatic heterocycles. The third-order valence-electron chi connectivity index (χ3n) is 5.73. The van der Waals surface area contributed by atoms with Crippen molar-refractivity contribution >= 4 is 35.5 Å². The molecule has 0 aliphatic carbocycles. The number of hydrogen-bond acceptors (Lipinski definition) is 4. The van der Waals surface area contributed by atoms with Gasteiger partial charge < -0.3 is 9.67 Å². The van der Waals surface area contributed by atoms with Gasteiger partial charge in [-0.05, 0) is 56.9 Å². The Morgan fingerprint density at radius 1 is 1.12 bits per heavy atom. The van der Waals surface area contributed by atoms with Crippen LogP contribution in [0.3, 0.4) is 0 Å². The number of carboxylic acid groups (broad SMARTS) is 1. The lowest BCUT2D eigenvalue weighted by Crippen LogP contribution is -2.35. The van der Waals surface area contributed by atoms with Crippen LogP contribution in [0.2, 0.25) is 10.0 Å². The summed E-state index contributed by atoms with van der Waals surface area (Å²) in [5, 5.41) is 9.62. The Labute approximate surface area is 204 Å². The first kappa shape index (κ1) is 27.9. The molecule has 1 aliphatic rings. The minimum atomic E-state index is -4.64. The molecule has 186 valence electrons. The van der Waals surface area contributed by atoms with E-state index < -0.39 is 18.4 Å². The first-order valence-corrected chi connectivity index (χ1v) is 11.3. The number of pyridine rings is 1. The number of carbonyl (C=O) groups is 2. The van der Waals surface area contributed by atoms with Crippen LogP contribution >= 0.6 is 23.2 Å². The number of halogens is 5. The van der Waals surface area contributed by atoms with E-state index in [-0.39, 0.29) is 16.1 Å². The average Bonchev–Trinajstić information content (AvgIpc) is 3.09. The van der Waals surface area contributed by atoms with Crippen molar-refractivity contribution in [2.45, 2.75) is 64.5 Å². The molecule has 1 aromatic heterocycles. The zero-order valence-corrected chi connectivity index (χ0v) is 20.1. The smallest absolute Gasteiger partial charge is 0.446 e. The van der Waals surface area contributed by atoms with Crippen LogP contribution in [0.15, 0.2) is 35.1 Å². The van der Waals surface area contributed by atoms with E-state index in [9.17, 15) is 22.8 Å². The molecule has 11 heteroatoms. The molecule has 2 unspecified atom stereocenters. The molecule has 0 radical (unpaired) electrons. The van der Waals surface area contributed by atoms with Crippen LogP contribution in [-0.2, 0) is 24.3 Å². The van der Waals surface area contributed by atoms with E-state index in [1.54, 1.807) is 28.8 Å². The van der Waals surface area contributed by atoms with E-state index in [0.29, 0.717) is 36.6 Å². The van der Waals surface area contributed by atoms with E-state index >= 15 is 0 Å². The van der Waals surface area contributed by atoms with Gasteiger partial charge in [0.05, 0.1) is 16.3 Å². The lowest BCUT2D eigenvalue weighted by molar-refractivity contribution is -0.156. The molecule has 1 aromatic carbocycles. The number of likely N-dealkylation sites (tertiary alicyclic amines) is 1. The number of alkyl halides is 3. The van der Waals surface area contributed by atoms with E-state index in [4.69, 9.17) is 33.1 Å². The molecule has 1 N–H and O–H groups in total. The zero-order valence-electron chi connectivity index (χ0n) is 18.6. The fourth-order valence-corrected chi connectivity index (χ4v) is 4.36. The Hall–Kier alpha value is -2.36. The first-order valence-electron chi connectivity index (χ1n) is 10.5. The lowest BCUT2D eigenvalue weighted by Gasteiger charge is -2.28. The van der Waals surface area contributed by atoms with Gasteiger partial charge in [-0.2, -0.15) is 13.2 Å². The summed E-state index contributed by atoms with van der Waals surface area (Å²) in [6, 6.07) is 9.09. The van der Waals surface area contributed by atoms with Crippen LogP contribution < -0.4 is 5.56 Å². The fraction of sp³-hybridized carbons (Fsp3) is 0.435. The Morgan fingerprint density at radius 3 is 2.12 bits per heavy atom. The summed E-state index contributed by atoms with van der Waals surface area (Å²) < 4.78 is 32.9. The summed E-state index contributed by atoms with van der Waals surface area (Å²) in [6.45, 7) is 5.42. The van der Waals surface area contributed by atoms with Gasteiger partial charge in [0.25, 0.3) is 5.56 Å². The van der Waals surface area contributed by atoms with E-state index in [2.05, 4.69) is 18.7 Å². The number of rotatable bonds is 6. The quantitative estimate of drug-likeness (QED) is 0.528. The van der Waals surface area contributed by atoms with Crippen molar-refractivity contribution in [1.29, 1.82) is 0 Å². The highest BCUT2D eigenvalue weighted by Gasteiger charge is 2.29. The highest BCUT2D eigenvalue weighted by molar-refractivity contribution is 6.34. The summed E-state index contributed by atoms with van der Waals surface area (Å²) in [5.74, 6) is -0.958. The normalized spacial score (nSPS) is 18.3. The van der Waals surface area contributed by atoms with Crippen molar-refractivity contribution in [3.8, 4) is 0 Å². The molecule has 1 saturated heterocycles. The van der Waals surface area contributed by atoms with Crippen molar-refractivity contribution in [3.05, 3.63) is 67.6 Å². The molecular weight excluding hydrogens is 496 g/mol. The standard InChI is InChI=1S/C21H24Cl2N2O3.C2HF3O/c1-13-3-4-14(2)25(13)12-19-17(22)11-18(23)20(26)24(19)10-9-15-5-7-16(8-6-15)21(27)28;3-2(4,5)1-6/h5-8,11,13-14H,3-4,9-10,12H2,1-2H3,(H,27,28);1H. The molecule has 2 heterocycles. The maximum Gasteiger partial charge on any atom is 0.446 e. The van der Waals surface area contributed by atoms with Gasteiger partial charge in [-0.1, -0.05) is 35.3 Å². The summed E-state index contributed by atoms with van der Waals surface area (Å²) >= 11 is 12.6. The number of benzene rings is 1. The van der Waals surface area contributed by atoms with Crippen LogP contribution in [0.4, 0.5) is 13.2 Å². The van der Waals surface area contributed by atoms with Gasteiger partial charge >= 0.3 is 12.1 Å². The van der Waals surface area contributed by atoms with Crippen LogP contribution in [0, 0.1) is 0 Å². The number of carbonyl (C=O) groups excluding carboxylic acids is 1. The van der Waals surface area contributed by atoms with E-state index in [0.717, 1.165) is 24.1 Å². The van der Waals surface area contributed by atoms with Gasteiger partial charge in [-0.3, -0.25) is 14.5 Å². The largest absolute Gasteiger partial charge is 0.478 e. The second kappa shape index (κ2) is 11.9. The van der Waals surface area contributed by atoms with E-state index in [1.165, 1.54) is 6.07 Å². The number of nitrogens with zero attached hydrogens (tertiary/aromatic N) is 2. The lowest BCUT2D eigenvalue weighted by atomic mass is 10.1. The van der Waals surface area contributed by atoms with Crippen molar-refractivity contribution in [2.75, 3.05) is 0 Å². The molecule has 2 aromatic rings. The van der Waals surface area contributed by atoms with Crippen LogP contribution in [0.25, 0.3) is 0 Å². The molecular formula is C23H25Cl2F3N2O4. The minimum Gasteiger partial charge on any atom is -0.478 e. The number of carboxylic acids is 1. The first-order chi connectivity index (χ1) is 15.8. The highest BCUT2D eigenvalue weighted by atomic mass is 35.5. The second-order valence-electron chi connectivity index (χ2n) is 8.10. The van der Waals surface area contributed by atoms with Gasteiger partial charge in [-0.25, -0.2) is 4.79 Å². The monoisotopic (exact) mass is 520 g/mol. The molecule has 0 bridgehead atoms. The topological polar surface area (TPSA) is 79.6 Å². The zero-order chi connectivity index (χ0) is 25.6. The maximum absolute atomic E-state index is 12.7. The van der Waals surface area contributed by atoms with Crippen molar-refractivity contribution in [1.82, 2.24) is 9.47 Å². The molecule has 1 fully saturated rings. The predicted molar refractivity (Wildman–Crippen MR) is 124 cm³/mol. The third kappa shape index (κ3) is 7.58. The summed E-state index contributed by atoms with van der Waals surface area (Å²) in [5.41, 5.74) is 1.72. The number of aldehydes is 1. The molecule has 0 amide bonds. The molecule has 0 spiro atoms. The van der Waals surface area contributed by atoms with Gasteiger partial charge in [-0.15, -0.1) is 0 Å². The van der Waals surface area contributed by atoms with Crippen LogP contribution in [0.1, 0.15) is 48.3 Å². The van der Waals surface area contributed by atoms with Crippen LogP contribution in [0.5, 0.6) is 0 Å². The minimum absolute atomic E-state index is 0.109. The number of aromatic nitrogens is 1. The highest BCUT2D eigenvalue weighted by Crippen LogP contribution is 2.28. The number of aryl methyl sites for hydroxylation is 1. The molecule has 6 nitrogen and oxygen atoms in total. The number of hydrogen-bond donors (Lipinski definition) is 1. The fourth-order valence-electron chi connectivity index (χ4n) is 3.82. The molecule has 2 atom stereocenters. The molecule has 34 heavy (non-hydrogen) atoms. The Bertz CT molecular complexity index is 1060. The molecule has 3 rings (SSSR count). The van der Waals surface area contributed by atoms with E-state index in [1.807, 2.05) is 0 Å². The Balaban J connectivity index is 0.000000604. The van der Waals surface area contributed by atoms with Crippen molar-refractivity contribution in [3.63, 3.8) is 0 Å². The Morgan fingerprint density at radius 2 is 1.65 bits per heavy atom. The average molecular weight is 521 g/mol.